The number of nitrogens with one attached hydrogen (secondary N) is 1. The van der Waals surface area contributed by atoms with Gasteiger partial charge in [-0.25, -0.2) is 4.98 Å². The normalized spacial score (nSPS) is 11.4. The van der Waals surface area contributed by atoms with Crippen LogP contribution in [0.5, 0.6) is 0 Å². The van der Waals surface area contributed by atoms with Crippen LogP contribution in [-0.2, 0) is 6.54 Å². The van der Waals surface area contributed by atoms with Crippen molar-refractivity contribution in [2.24, 2.45) is 5.92 Å². The van der Waals surface area contributed by atoms with Gasteiger partial charge >= 0.3 is 0 Å². The lowest BCUT2D eigenvalue weighted by atomic mass is 10.0. The summed E-state index contributed by atoms with van der Waals surface area (Å²) in [7, 11) is 0. The Morgan fingerprint density at radius 3 is 2.50 bits per heavy atom. The minimum Gasteiger partial charge on any atom is -0.313 e. The van der Waals surface area contributed by atoms with Gasteiger partial charge in [-0.05, 0) is 53.8 Å². The lowest BCUT2D eigenvalue weighted by Crippen LogP contribution is -2.16. The Labute approximate surface area is 167 Å². The number of benzene rings is 2. The number of hydrogen-bond acceptors (Lipinski definition) is 2. The molecule has 0 bridgehead atoms. The Balaban J connectivity index is 1.55. The summed E-state index contributed by atoms with van der Waals surface area (Å²) in [6.45, 7) is 6.49. The molecule has 0 amide bonds. The molecule has 0 aliphatic carbocycles. The highest BCUT2D eigenvalue weighted by molar-refractivity contribution is 5.71. The molecule has 4 rings (SSSR count). The van der Waals surface area contributed by atoms with Crippen molar-refractivity contribution in [2.45, 2.75) is 26.8 Å². The van der Waals surface area contributed by atoms with E-state index in [0.29, 0.717) is 0 Å². The minimum atomic E-state index is 0.737. The van der Waals surface area contributed by atoms with E-state index < -0.39 is 0 Å². The molecule has 142 valence electrons. The zero-order valence-corrected chi connectivity index (χ0v) is 16.6. The molecule has 0 spiro atoms. The van der Waals surface area contributed by atoms with Gasteiger partial charge in [0.1, 0.15) is 5.65 Å². The van der Waals surface area contributed by atoms with Gasteiger partial charge in [-0.1, -0.05) is 62.4 Å². The molecule has 0 fully saturated rings. The fourth-order valence-electron chi connectivity index (χ4n) is 3.47. The van der Waals surface area contributed by atoms with Crippen molar-refractivity contribution in [1.82, 2.24) is 14.7 Å². The standard InChI is InChI=1S/C25H27N3/c1-19(2)11-13-26-17-20-7-6-10-22(15-20)23-12-14-28-24(18-27-25(28)16-23)21-8-4-3-5-9-21/h3-10,12,14-16,18-19,26H,11,13,17H2,1-2H3. The van der Waals surface area contributed by atoms with E-state index in [0.717, 1.165) is 30.3 Å². The smallest absolute Gasteiger partial charge is 0.137 e. The predicted octanol–water partition coefficient (Wildman–Crippen LogP) is 5.80. The van der Waals surface area contributed by atoms with E-state index in [4.69, 9.17) is 0 Å². The van der Waals surface area contributed by atoms with E-state index in [9.17, 15) is 0 Å². The molecule has 0 unspecified atom stereocenters. The molecule has 2 aromatic heterocycles. The largest absolute Gasteiger partial charge is 0.313 e. The number of rotatable bonds is 7. The van der Waals surface area contributed by atoms with E-state index in [1.54, 1.807) is 0 Å². The number of aromatic nitrogens is 2. The van der Waals surface area contributed by atoms with Gasteiger partial charge in [0.25, 0.3) is 0 Å². The monoisotopic (exact) mass is 369 g/mol. The maximum Gasteiger partial charge on any atom is 0.137 e. The van der Waals surface area contributed by atoms with Crippen molar-refractivity contribution < 1.29 is 0 Å². The third-order valence-corrected chi connectivity index (χ3v) is 5.07. The third-order valence-electron chi connectivity index (χ3n) is 5.07. The maximum atomic E-state index is 4.63. The van der Waals surface area contributed by atoms with E-state index in [1.807, 2.05) is 12.3 Å². The highest BCUT2D eigenvalue weighted by Gasteiger charge is 2.07. The number of hydrogen-bond donors (Lipinski definition) is 1. The highest BCUT2D eigenvalue weighted by Crippen LogP contribution is 2.25. The third kappa shape index (κ3) is 4.15. The lowest BCUT2D eigenvalue weighted by molar-refractivity contribution is 0.537. The van der Waals surface area contributed by atoms with Gasteiger partial charge in [-0.15, -0.1) is 0 Å². The molecular weight excluding hydrogens is 342 g/mol. The molecule has 28 heavy (non-hydrogen) atoms. The summed E-state index contributed by atoms with van der Waals surface area (Å²) in [5, 5.41) is 3.55. The number of fused-ring (bicyclic) bond motifs is 1. The van der Waals surface area contributed by atoms with Gasteiger partial charge in [-0.2, -0.15) is 0 Å². The number of nitrogens with zero attached hydrogens (tertiary/aromatic N) is 2. The molecule has 2 heterocycles. The van der Waals surface area contributed by atoms with Gasteiger partial charge in [0.15, 0.2) is 0 Å². The fraction of sp³-hybridized carbons (Fsp3) is 0.240. The topological polar surface area (TPSA) is 29.3 Å². The molecule has 3 nitrogen and oxygen atoms in total. The molecular formula is C25H27N3. The zero-order chi connectivity index (χ0) is 19.3. The zero-order valence-electron chi connectivity index (χ0n) is 16.6. The molecule has 0 aliphatic rings. The molecule has 0 atom stereocenters. The average molecular weight is 370 g/mol. The van der Waals surface area contributed by atoms with Crippen molar-refractivity contribution in [3.63, 3.8) is 0 Å². The Morgan fingerprint density at radius 1 is 0.893 bits per heavy atom. The first-order valence-corrected chi connectivity index (χ1v) is 10.0. The molecule has 0 saturated carbocycles. The van der Waals surface area contributed by atoms with Crippen LogP contribution in [0.15, 0.2) is 79.1 Å². The van der Waals surface area contributed by atoms with Crippen LogP contribution in [0.2, 0.25) is 0 Å². The molecule has 3 heteroatoms. The van der Waals surface area contributed by atoms with Crippen LogP contribution in [0.1, 0.15) is 25.8 Å². The Kier molecular flexibility index (Phi) is 5.54. The van der Waals surface area contributed by atoms with E-state index >= 15 is 0 Å². The summed E-state index contributed by atoms with van der Waals surface area (Å²) in [6.07, 6.45) is 5.27. The number of imidazole rings is 1. The lowest BCUT2D eigenvalue weighted by Gasteiger charge is -2.09. The summed E-state index contributed by atoms with van der Waals surface area (Å²) in [4.78, 5) is 4.63. The van der Waals surface area contributed by atoms with Crippen LogP contribution in [0, 0.1) is 5.92 Å². The number of pyridine rings is 1. The first-order valence-electron chi connectivity index (χ1n) is 10.0. The summed E-state index contributed by atoms with van der Waals surface area (Å²) in [5.74, 6) is 0.737. The SMILES string of the molecule is CC(C)CCNCc1cccc(-c2ccn3c(-c4ccccc4)cnc3c2)c1. The second-order valence-corrected chi connectivity index (χ2v) is 7.71. The van der Waals surface area contributed by atoms with Gasteiger partial charge in [-0.3, -0.25) is 4.40 Å². The second kappa shape index (κ2) is 8.41. The van der Waals surface area contributed by atoms with Gasteiger partial charge in [0.05, 0.1) is 11.9 Å². The molecule has 0 radical (unpaired) electrons. The Bertz CT molecular complexity index is 1050. The second-order valence-electron chi connectivity index (χ2n) is 7.71. The summed E-state index contributed by atoms with van der Waals surface area (Å²) in [6, 6.07) is 23.5. The summed E-state index contributed by atoms with van der Waals surface area (Å²) in [5.41, 5.74) is 7.00. The molecule has 1 N–H and O–H groups in total. The van der Waals surface area contributed by atoms with Crippen LogP contribution in [0.3, 0.4) is 0 Å². The van der Waals surface area contributed by atoms with Gasteiger partial charge < -0.3 is 5.32 Å². The minimum absolute atomic E-state index is 0.737. The van der Waals surface area contributed by atoms with Crippen molar-refractivity contribution in [3.05, 3.63) is 84.7 Å². The van der Waals surface area contributed by atoms with Gasteiger partial charge in [0, 0.05) is 18.3 Å². The van der Waals surface area contributed by atoms with Crippen LogP contribution in [-0.4, -0.2) is 15.9 Å². The van der Waals surface area contributed by atoms with Crippen molar-refractivity contribution in [3.8, 4) is 22.4 Å². The molecule has 0 aliphatic heterocycles. The first kappa shape index (κ1) is 18.5. The average Bonchev–Trinajstić information content (AvgIpc) is 3.15. The quantitative estimate of drug-likeness (QED) is 0.417. The Morgan fingerprint density at radius 2 is 1.68 bits per heavy atom. The van der Waals surface area contributed by atoms with Crippen LogP contribution < -0.4 is 5.32 Å². The molecule has 0 saturated heterocycles. The van der Waals surface area contributed by atoms with Crippen molar-refractivity contribution >= 4 is 5.65 Å². The highest BCUT2D eigenvalue weighted by atomic mass is 15.0. The van der Waals surface area contributed by atoms with E-state index in [-0.39, 0.29) is 0 Å². The van der Waals surface area contributed by atoms with Gasteiger partial charge in [0.2, 0.25) is 0 Å². The maximum absolute atomic E-state index is 4.63. The van der Waals surface area contributed by atoms with Crippen molar-refractivity contribution in [1.29, 1.82) is 0 Å². The van der Waals surface area contributed by atoms with E-state index in [1.165, 1.54) is 28.7 Å². The van der Waals surface area contributed by atoms with Crippen LogP contribution in [0.4, 0.5) is 0 Å². The summed E-state index contributed by atoms with van der Waals surface area (Å²) >= 11 is 0. The first-order chi connectivity index (χ1) is 13.7. The predicted molar refractivity (Wildman–Crippen MR) is 117 cm³/mol. The molecule has 4 aromatic rings. The Hall–Kier alpha value is -2.91. The molecule has 2 aromatic carbocycles. The van der Waals surface area contributed by atoms with E-state index in [2.05, 4.69) is 95.4 Å². The van der Waals surface area contributed by atoms with Crippen molar-refractivity contribution in [2.75, 3.05) is 6.54 Å². The van der Waals surface area contributed by atoms with Crippen LogP contribution in [0.25, 0.3) is 28.0 Å². The summed E-state index contributed by atoms with van der Waals surface area (Å²) < 4.78 is 2.15. The fourth-order valence-corrected chi connectivity index (χ4v) is 3.47. The van der Waals surface area contributed by atoms with Crippen LogP contribution >= 0.6 is 0 Å².